The molecule has 5 rings (SSSR count). The summed E-state index contributed by atoms with van der Waals surface area (Å²) in [5, 5.41) is 6.97. The number of hydrogen-bond donors (Lipinski definition) is 1. The van der Waals surface area contributed by atoms with Crippen LogP contribution in [0.25, 0.3) is 0 Å². The zero-order chi connectivity index (χ0) is 20.6. The molecule has 2 unspecified atom stereocenters. The minimum absolute atomic E-state index is 0.278. The molecule has 3 aromatic rings. The number of rotatable bonds is 2. The van der Waals surface area contributed by atoms with Gasteiger partial charge in [0.15, 0.2) is 0 Å². The van der Waals surface area contributed by atoms with Crippen molar-refractivity contribution in [3.8, 4) is 0 Å². The van der Waals surface area contributed by atoms with E-state index in [2.05, 4.69) is 31.1 Å². The summed E-state index contributed by atoms with van der Waals surface area (Å²) in [7, 11) is -4.11. The van der Waals surface area contributed by atoms with Gasteiger partial charge in [-0.05, 0) is 35.4 Å². The van der Waals surface area contributed by atoms with Crippen molar-refractivity contribution < 1.29 is 21.6 Å². The van der Waals surface area contributed by atoms with Crippen LogP contribution in [0, 0.1) is 0 Å². The third-order valence-electron chi connectivity index (χ3n) is 5.31. The van der Waals surface area contributed by atoms with E-state index in [0.29, 0.717) is 12.5 Å². The Labute approximate surface area is 171 Å². The maximum Gasteiger partial charge on any atom is 0.433 e. The molecule has 0 aliphatic carbocycles. The molecule has 6 nitrogen and oxygen atoms in total. The molecule has 2 atom stereocenters. The molecule has 0 amide bonds. The number of halogens is 4. The molecule has 2 aliphatic rings. The van der Waals surface area contributed by atoms with E-state index in [1.165, 1.54) is 4.31 Å². The van der Waals surface area contributed by atoms with E-state index in [1.807, 2.05) is 18.2 Å². The van der Waals surface area contributed by atoms with Crippen LogP contribution in [0.3, 0.4) is 0 Å². The number of aromatic nitrogens is 3. The highest BCUT2D eigenvalue weighted by molar-refractivity contribution is 9.10. The predicted octanol–water partition coefficient (Wildman–Crippen LogP) is 3.98. The molecule has 2 bridgehead atoms. The average molecular weight is 485 g/mol. The van der Waals surface area contributed by atoms with Crippen molar-refractivity contribution in [2.75, 3.05) is 0 Å². The van der Waals surface area contributed by atoms with E-state index >= 15 is 0 Å². The Balaban J connectivity index is 1.64. The lowest BCUT2D eigenvalue weighted by Crippen LogP contribution is -2.37. The molecule has 0 fully saturated rings. The predicted molar refractivity (Wildman–Crippen MR) is 99.3 cm³/mol. The normalized spacial score (nSPS) is 21.1. The summed E-state index contributed by atoms with van der Waals surface area (Å²) in [4.78, 5) is 3.04. The minimum atomic E-state index is -4.64. The van der Waals surface area contributed by atoms with Crippen molar-refractivity contribution in [1.82, 2.24) is 19.5 Å². The third kappa shape index (κ3) is 2.75. The molecule has 1 aromatic carbocycles. The van der Waals surface area contributed by atoms with Gasteiger partial charge in [0.2, 0.25) is 10.0 Å². The quantitative estimate of drug-likeness (QED) is 0.596. The Bertz CT molecular complexity index is 1220. The first kappa shape index (κ1) is 18.8. The van der Waals surface area contributed by atoms with Gasteiger partial charge in [-0.1, -0.05) is 22.0 Å². The smallest absolute Gasteiger partial charge is 0.282 e. The second-order valence-electron chi connectivity index (χ2n) is 6.91. The van der Waals surface area contributed by atoms with Gasteiger partial charge in [0.1, 0.15) is 10.6 Å². The van der Waals surface area contributed by atoms with Crippen molar-refractivity contribution in [2.45, 2.75) is 29.6 Å². The number of nitrogens with one attached hydrogen (secondary N) is 1. The number of hydrogen-bond acceptors (Lipinski definition) is 4. The van der Waals surface area contributed by atoms with Crippen LogP contribution in [0.1, 0.15) is 40.2 Å². The van der Waals surface area contributed by atoms with E-state index in [1.54, 1.807) is 6.20 Å². The highest BCUT2D eigenvalue weighted by Crippen LogP contribution is 2.54. The van der Waals surface area contributed by atoms with Gasteiger partial charge in [0.25, 0.3) is 0 Å². The molecule has 1 N–H and O–H groups in total. The fourth-order valence-electron chi connectivity index (χ4n) is 4.09. The molecule has 0 radical (unpaired) electrons. The van der Waals surface area contributed by atoms with Gasteiger partial charge in [-0.25, -0.2) is 8.42 Å². The monoisotopic (exact) mass is 484 g/mol. The summed E-state index contributed by atoms with van der Waals surface area (Å²) in [6, 6.07) is 6.14. The van der Waals surface area contributed by atoms with Crippen LogP contribution in [0.2, 0.25) is 0 Å². The number of pyridine rings is 1. The molecule has 2 aromatic heterocycles. The molecular formula is C18H12BrF3N4O2S. The van der Waals surface area contributed by atoms with Gasteiger partial charge in [-0.15, -0.1) is 0 Å². The topological polar surface area (TPSA) is 79.0 Å². The molecule has 0 saturated carbocycles. The lowest BCUT2D eigenvalue weighted by atomic mass is 10.0. The highest BCUT2D eigenvalue weighted by Gasteiger charge is 2.51. The van der Waals surface area contributed by atoms with Crippen LogP contribution >= 0.6 is 15.9 Å². The van der Waals surface area contributed by atoms with Gasteiger partial charge in [0.05, 0.1) is 18.3 Å². The van der Waals surface area contributed by atoms with Crippen molar-refractivity contribution in [2.24, 2.45) is 0 Å². The lowest BCUT2D eigenvalue weighted by Gasteiger charge is -2.33. The summed E-state index contributed by atoms with van der Waals surface area (Å²) < 4.78 is 67.5. The first-order chi connectivity index (χ1) is 13.7. The molecule has 4 heterocycles. The maximum atomic E-state index is 13.5. The Morgan fingerprint density at radius 3 is 2.59 bits per heavy atom. The molecule has 2 aliphatic heterocycles. The van der Waals surface area contributed by atoms with Gasteiger partial charge in [0, 0.05) is 28.3 Å². The van der Waals surface area contributed by atoms with Crippen molar-refractivity contribution in [3.63, 3.8) is 0 Å². The molecular weight excluding hydrogens is 473 g/mol. The SMILES string of the molecule is O=S(=O)(c1ccc(C(F)(F)F)nc1)N1C2Cc3[nH]ncc3C1c1cc(Br)ccc12. The Kier molecular flexibility index (Phi) is 3.97. The second-order valence-corrected chi connectivity index (χ2v) is 9.67. The Morgan fingerprint density at radius 1 is 1.10 bits per heavy atom. The van der Waals surface area contributed by atoms with Crippen molar-refractivity contribution >= 4 is 26.0 Å². The van der Waals surface area contributed by atoms with Gasteiger partial charge < -0.3 is 0 Å². The Hall–Kier alpha value is -2.24. The van der Waals surface area contributed by atoms with Crippen LogP contribution in [-0.4, -0.2) is 27.9 Å². The number of nitrogens with zero attached hydrogens (tertiary/aromatic N) is 3. The summed E-state index contributed by atoms with van der Waals surface area (Å²) in [6.45, 7) is 0. The van der Waals surface area contributed by atoms with Crippen LogP contribution in [0.5, 0.6) is 0 Å². The van der Waals surface area contributed by atoms with Gasteiger partial charge >= 0.3 is 6.18 Å². The average Bonchev–Trinajstić information content (AvgIpc) is 3.23. The number of benzene rings is 1. The third-order valence-corrected chi connectivity index (χ3v) is 7.66. The number of alkyl halides is 3. The zero-order valence-corrected chi connectivity index (χ0v) is 16.9. The maximum absolute atomic E-state index is 13.5. The first-order valence-electron chi connectivity index (χ1n) is 8.56. The lowest BCUT2D eigenvalue weighted by molar-refractivity contribution is -0.141. The molecule has 0 saturated heterocycles. The number of H-pyrrole nitrogens is 1. The van der Waals surface area contributed by atoms with E-state index < -0.39 is 34.0 Å². The summed E-state index contributed by atoms with van der Waals surface area (Å²) in [6.07, 6.45) is -1.88. The second kappa shape index (κ2) is 6.13. The largest absolute Gasteiger partial charge is 0.433 e. The first-order valence-corrected chi connectivity index (χ1v) is 10.8. The van der Waals surface area contributed by atoms with E-state index in [0.717, 1.165) is 39.1 Å². The number of fused-ring (bicyclic) bond motifs is 7. The van der Waals surface area contributed by atoms with Crippen molar-refractivity contribution in [1.29, 1.82) is 0 Å². The molecule has 0 spiro atoms. The standard InChI is InChI=1S/C18H12BrF3N4O2S/c19-9-1-3-11-12(5-9)17-13-8-24-25-14(13)6-15(11)26(17)29(27,28)10-2-4-16(23-7-10)18(20,21)22/h1-5,7-8,15,17H,6H2,(H,24,25). The molecule has 11 heteroatoms. The van der Waals surface area contributed by atoms with Gasteiger partial charge in [-0.3, -0.25) is 10.1 Å². The minimum Gasteiger partial charge on any atom is -0.282 e. The van der Waals surface area contributed by atoms with Crippen LogP contribution in [0.15, 0.2) is 52.1 Å². The van der Waals surface area contributed by atoms with E-state index in [4.69, 9.17) is 0 Å². The van der Waals surface area contributed by atoms with E-state index in [9.17, 15) is 21.6 Å². The van der Waals surface area contributed by atoms with Crippen LogP contribution in [0.4, 0.5) is 13.2 Å². The van der Waals surface area contributed by atoms with Gasteiger partial charge in [-0.2, -0.15) is 22.6 Å². The van der Waals surface area contributed by atoms with E-state index in [-0.39, 0.29) is 4.90 Å². The summed E-state index contributed by atoms with van der Waals surface area (Å²) >= 11 is 3.43. The zero-order valence-electron chi connectivity index (χ0n) is 14.5. The van der Waals surface area contributed by atoms with Crippen LogP contribution < -0.4 is 0 Å². The Morgan fingerprint density at radius 2 is 1.90 bits per heavy atom. The van der Waals surface area contributed by atoms with Crippen molar-refractivity contribution in [3.05, 3.63) is 75.3 Å². The van der Waals surface area contributed by atoms with Crippen LogP contribution in [-0.2, 0) is 22.6 Å². The highest BCUT2D eigenvalue weighted by atomic mass is 79.9. The number of aromatic amines is 1. The fraction of sp³-hybridized carbons (Fsp3) is 0.222. The summed E-state index contributed by atoms with van der Waals surface area (Å²) in [5.74, 6) is 0. The molecule has 150 valence electrons. The number of sulfonamides is 1. The molecule has 29 heavy (non-hydrogen) atoms. The summed E-state index contributed by atoms with van der Waals surface area (Å²) in [5.41, 5.74) is 2.15. The fourth-order valence-corrected chi connectivity index (χ4v) is 6.16.